The summed E-state index contributed by atoms with van der Waals surface area (Å²) >= 11 is 0. The van der Waals surface area contributed by atoms with Gasteiger partial charge in [-0.1, -0.05) is 0 Å². The van der Waals surface area contributed by atoms with Gasteiger partial charge in [-0.3, -0.25) is 0 Å². The van der Waals surface area contributed by atoms with Crippen molar-refractivity contribution < 1.29 is 44.3 Å². The third kappa shape index (κ3) is 2.66. The van der Waals surface area contributed by atoms with Crippen LogP contribution in [0.3, 0.4) is 0 Å². The van der Waals surface area contributed by atoms with Crippen LogP contribution in [0.25, 0.3) is 0 Å². The van der Waals surface area contributed by atoms with Crippen LogP contribution in [0.1, 0.15) is 5.76 Å². The molecule has 0 aliphatic carbocycles. The summed E-state index contributed by atoms with van der Waals surface area (Å²) < 4.78 is 95.7. The van der Waals surface area contributed by atoms with Gasteiger partial charge in [-0.15, -0.1) is 0 Å². The molecule has 1 aromatic heterocycles. The summed E-state index contributed by atoms with van der Waals surface area (Å²) in [6.07, 6.45) is -11.9. The van der Waals surface area contributed by atoms with E-state index >= 15 is 0 Å². The Bertz CT molecular complexity index is 457. The van der Waals surface area contributed by atoms with Crippen LogP contribution in [0.5, 0.6) is 0 Å². The molecule has 4 nitrogen and oxygen atoms in total. The number of rotatable bonds is 4. The minimum Gasteiger partial charge on any atom is -0.399 e. The second-order valence-electron chi connectivity index (χ2n) is 2.93. The van der Waals surface area contributed by atoms with Crippen molar-refractivity contribution in [3.63, 3.8) is 0 Å². The number of hydrogen-bond donors (Lipinski definition) is 0. The Labute approximate surface area is 92.9 Å². The third-order valence-corrected chi connectivity index (χ3v) is 1.62. The van der Waals surface area contributed by atoms with E-state index in [1.54, 1.807) is 0 Å². The highest BCUT2D eigenvalue weighted by Gasteiger charge is 2.74. The van der Waals surface area contributed by atoms with Crippen molar-refractivity contribution in [3.8, 4) is 0 Å². The van der Waals surface area contributed by atoms with Crippen molar-refractivity contribution in [2.24, 2.45) is 0 Å². The monoisotopic (exact) mass is 284 g/mol. The molecule has 0 aliphatic rings. The van der Waals surface area contributed by atoms with E-state index in [0.717, 1.165) is 0 Å². The van der Waals surface area contributed by atoms with Crippen molar-refractivity contribution in [2.45, 2.75) is 24.8 Å². The molecule has 1 heterocycles. The van der Waals surface area contributed by atoms with Crippen LogP contribution < -0.4 is 5.82 Å². The first-order valence-electron chi connectivity index (χ1n) is 4.01. The maximum absolute atomic E-state index is 12.5. The van der Waals surface area contributed by atoms with Gasteiger partial charge in [0, 0.05) is 0 Å². The average molecular weight is 284 g/mol. The van der Waals surface area contributed by atoms with Gasteiger partial charge >= 0.3 is 24.0 Å². The summed E-state index contributed by atoms with van der Waals surface area (Å²) in [7, 11) is 0. The second kappa shape index (κ2) is 4.30. The Kier molecular flexibility index (Phi) is 3.47. The van der Waals surface area contributed by atoms with Crippen molar-refractivity contribution in [1.29, 1.82) is 0 Å². The number of alkyl halides is 7. The molecule has 1 aromatic rings. The van der Waals surface area contributed by atoms with Gasteiger partial charge in [0.25, 0.3) is 0 Å². The molecule has 0 atom stereocenters. The molecular weight excluding hydrogens is 281 g/mol. The molecule has 18 heavy (non-hydrogen) atoms. The van der Waals surface area contributed by atoms with Gasteiger partial charge in [0.1, 0.15) is 12.9 Å². The highest BCUT2D eigenvalue weighted by Crippen LogP contribution is 2.47. The van der Waals surface area contributed by atoms with Crippen LogP contribution >= 0.6 is 0 Å². The Morgan fingerprint density at radius 1 is 1.11 bits per heavy atom. The minimum absolute atomic E-state index is 0.435. The van der Waals surface area contributed by atoms with Gasteiger partial charge in [-0.2, -0.15) is 30.7 Å². The summed E-state index contributed by atoms with van der Waals surface area (Å²) in [5.74, 6) is -8.50. The zero-order valence-electron chi connectivity index (χ0n) is 8.06. The smallest absolute Gasteiger partial charge is 0.399 e. The van der Waals surface area contributed by atoms with Crippen molar-refractivity contribution in [1.82, 2.24) is 0 Å². The molecule has 0 bridgehead atoms. The van der Waals surface area contributed by atoms with E-state index in [4.69, 9.17) is 0 Å². The third-order valence-electron chi connectivity index (χ3n) is 1.62. The number of hydrogen-bond acceptors (Lipinski definition) is 4. The molecule has 0 saturated carbocycles. The first kappa shape index (κ1) is 14.5. The second-order valence-corrected chi connectivity index (χ2v) is 2.93. The molecule has 0 unspecified atom stereocenters. The summed E-state index contributed by atoms with van der Waals surface area (Å²) in [6.45, 7) is -1.50. The van der Waals surface area contributed by atoms with Crippen molar-refractivity contribution in [2.75, 3.05) is 0 Å². The van der Waals surface area contributed by atoms with E-state index in [2.05, 4.69) is 13.6 Å². The van der Waals surface area contributed by atoms with E-state index in [9.17, 15) is 35.5 Å². The highest BCUT2D eigenvalue weighted by atomic mass is 19.4. The molecule has 104 valence electrons. The summed E-state index contributed by atoms with van der Waals surface area (Å²) in [4.78, 5) is 10.3. The fourth-order valence-corrected chi connectivity index (χ4v) is 0.750. The largest absolute Gasteiger partial charge is 0.518 e. The van der Waals surface area contributed by atoms with Gasteiger partial charge in [0.15, 0.2) is 5.76 Å². The van der Waals surface area contributed by atoms with Gasteiger partial charge in [-0.25, -0.2) is 4.79 Å². The molecule has 0 saturated heterocycles. The van der Waals surface area contributed by atoms with Crippen molar-refractivity contribution >= 4 is 0 Å². The number of ether oxygens (including phenoxy) is 1. The lowest BCUT2D eigenvalue weighted by Gasteiger charge is -2.27. The number of halogens is 7. The molecule has 0 fully saturated rings. The van der Waals surface area contributed by atoms with Crippen molar-refractivity contribution in [3.05, 3.63) is 22.6 Å². The standard InChI is InChI=1S/C7H3F7O4/c8-5(9,6(10,11)12)7(13,14)17-2-3-1-16-4(15)18-3/h1H,2H2. The first-order valence-corrected chi connectivity index (χ1v) is 4.01. The van der Waals surface area contributed by atoms with Crippen LogP contribution in [0, 0.1) is 0 Å². The molecule has 0 radical (unpaired) electrons. The predicted octanol–water partition coefficient (Wildman–Crippen LogP) is 2.54. The Balaban J connectivity index is 2.79. The maximum Gasteiger partial charge on any atom is 0.518 e. The first-order chi connectivity index (χ1) is 7.97. The van der Waals surface area contributed by atoms with Crippen LogP contribution in [-0.4, -0.2) is 18.2 Å². The molecular formula is C7H3F7O4. The molecule has 1 rings (SSSR count). The lowest BCUT2D eigenvalue weighted by atomic mass is 10.3. The van der Waals surface area contributed by atoms with E-state index in [0.29, 0.717) is 6.26 Å². The molecule has 0 amide bonds. The van der Waals surface area contributed by atoms with E-state index in [1.807, 2.05) is 0 Å². The molecule has 11 heteroatoms. The topological polar surface area (TPSA) is 52.6 Å². The normalized spacial score (nSPS) is 13.9. The van der Waals surface area contributed by atoms with E-state index in [1.165, 1.54) is 0 Å². The Hall–Kier alpha value is -1.52. The molecule has 0 N–H and O–H groups in total. The van der Waals surface area contributed by atoms with Gasteiger partial charge in [0.05, 0.1) is 0 Å². The molecule has 0 aromatic carbocycles. The summed E-state index contributed by atoms with van der Waals surface area (Å²) in [6, 6.07) is 0. The van der Waals surface area contributed by atoms with Crippen LogP contribution in [0.4, 0.5) is 30.7 Å². The average Bonchev–Trinajstić information content (AvgIpc) is 2.59. The summed E-state index contributed by atoms with van der Waals surface area (Å²) in [5, 5.41) is 0. The Morgan fingerprint density at radius 2 is 1.67 bits per heavy atom. The zero-order chi connectivity index (χ0) is 14.2. The quantitative estimate of drug-likeness (QED) is 0.797. The lowest BCUT2D eigenvalue weighted by molar-refractivity contribution is -0.427. The van der Waals surface area contributed by atoms with Crippen LogP contribution in [0.15, 0.2) is 19.9 Å². The van der Waals surface area contributed by atoms with Crippen LogP contribution in [0.2, 0.25) is 0 Å². The molecule has 0 spiro atoms. The minimum atomic E-state index is -6.49. The van der Waals surface area contributed by atoms with Gasteiger partial charge in [-0.05, 0) is 0 Å². The zero-order valence-corrected chi connectivity index (χ0v) is 8.06. The van der Waals surface area contributed by atoms with Gasteiger partial charge < -0.3 is 13.6 Å². The van der Waals surface area contributed by atoms with E-state index < -0.39 is 36.4 Å². The predicted molar refractivity (Wildman–Crippen MR) is 38.0 cm³/mol. The summed E-state index contributed by atoms with van der Waals surface area (Å²) in [5.41, 5.74) is 0. The highest BCUT2D eigenvalue weighted by molar-refractivity contribution is 4.87. The fraction of sp³-hybridized carbons (Fsp3) is 0.571. The maximum atomic E-state index is 12.5. The fourth-order valence-electron chi connectivity index (χ4n) is 0.750. The molecule has 0 aliphatic heterocycles. The SMILES string of the molecule is O=c1occ(COC(F)(F)C(F)(F)C(F)(F)F)o1. The lowest BCUT2D eigenvalue weighted by Crippen LogP contribution is -2.53. The Morgan fingerprint density at radius 3 is 2.06 bits per heavy atom. The van der Waals surface area contributed by atoms with Crippen LogP contribution in [-0.2, 0) is 11.3 Å². The van der Waals surface area contributed by atoms with E-state index in [-0.39, 0.29) is 0 Å². The van der Waals surface area contributed by atoms with Gasteiger partial charge in [0.2, 0.25) is 0 Å².